The molecule has 16 heavy (non-hydrogen) atoms. The molecule has 1 aliphatic heterocycles. The second-order valence-corrected chi connectivity index (χ2v) is 4.38. The zero-order chi connectivity index (χ0) is 11.0. The second-order valence-electron chi connectivity index (χ2n) is 3.94. The van der Waals surface area contributed by atoms with Crippen molar-refractivity contribution < 1.29 is 4.74 Å². The van der Waals surface area contributed by atoms with Crippen molar-refractivity contribution in [1.82, 2.24) is 0 Å². The molecule has 0 radical (unpaired) electrons. The first-order chi connectivity index (χ1) is 7.84. The first kappa shape index (κ1) is 9.88. The molecule has 1 saturated heterocycles. The van der Waals surface area contributed by atoms with Gasteiger partial charge in [0, 0.05) is 5.02 Å². The molecular formula is C14H11ClO. The lowest BCUT2D eigenvalue weighted by molar-refractivity contribution is 0.377. The van der Waals surface area contributed by atoms with E-state index < -0.39 is 0 Å². The van der Waals surface area contributed by atoms with E-state index in [1.807, 2.05) is 42.5 Å². The van der Waals surface area contributed by atoms with Crippen LogP contribution in [0, 0.1) is 0 Å². The highest BCUT2D eigenvalue weighted by molar-refractivity contribution is 6.30. The first-order valence-corrected chi connectivity index (χ1v) is 5.68. The number of benzene rings is 2. The van der Waals surface area contributed by atoms with Crippen LogP contribution >= 0.6 is 11.6 Å². The van der Waals surface area contributed by atoms with E-state index in [9.17, 15) is 0 Å². The Morgan fingerprint density at radius 3 is 1.94 bits per heavy atom. The van der Waals surface area contributed by atoms with Gasteiger partial charge in [-0.2, -0.15) is 0 Å². The number of hydrogen-bond donors (Lipinski definition) is 0. The molecule has 0 aromatic heterocycles. The predicted octanol–water partition coefficient (Wildman–Crippen LogP) is 4.15. The van der Waals surface area contributed by atoms with E-state index in [1.54, 1.807) is 0 Å². The van der Waals surface area contributed by atoms with Gasteiger partial charge in [-0.05, 0) is 23.3 Å². The van der Waals surface area contributed by atoms with E-state index in [0.29, 0.717) is 0 Å². The maximum atomic E-state index is 5.85. The molecule has 2 unspecified atom stereocenters. The highest BCUT2D eigenvalue weighted by Gasteiger charge is 2.41. The Kier molecular flexibility index (Phi) is 2.43. The molecule has 3 rings (SSSR count). The highest BCUT2D eigenvalue weighted by atomic mass is 35.5. The lowest BCUT2D eigenvalue weighted by Gasteiger charge is -1.97. The van der Waals surface area contributed by atoms with Crippen molar-refractivity contribution in [1.29, 1.82) is 0 Å². The zero-order valence-electron chi connectivity index (χ0n) is 8.64. The molecule has 0 aliphatic carbocycles. The molecule has 0 bridgehead atoms. The van der Waals surface area contributed by atoms with Crippen LogP contribution in [0.2, 0.25) is 5.02 Å². The van der Waals surface area contributed by atoms with Crippen molar-refractivity contribution in [2.75, 3.05) is 0 Å². The molecule has 0 spiro atoms. The molecule has 0 N–H and O–H groups in total. The van der Waals surface area contributed by atoms with E-state index >= 15 is 0 Å². The summed E-state index contributed by atoms with van der Waals surface area (Å²) < 4.78 is 5.69. The van der Waals surface area contributed by atoms with Crippen LogP contribution in [-0.2, 0) is 4.74 Å². The van der Waals surface area contributed by atoms with E-state index in [4.69, 9.17) is 16.3 Å². The molecule has 1 heterocycles. The summed E-state index contributed by atoms with van der Waals surface area (Å²) in [6.07, 6.45) is 0.405. The van der Waals surface area contributed by atoms with Crippen molar-refractivity contribution in [3.05, 3.63) is 70.7 Å². The summed E-state index contributed by atoms with van der Waals surface area (Å²) in [6.45, 7) is 0. The van der Waals surface area contributed by atoms with Crippen LogP contribution in [0.1, 0.15) is 23.3 Å². The van der Waals surface area contributed by atoms with Gasteiger partial charge in [0.25, 0.3) is 0 Å². The molecule has 2 atom stereocenters. The maximum Gasteiger partial charge on any atom is 0.114 e. The van der Waals surface area contributed by atoms with Crippen molar-refractivity contribution in [2.45, 2.75) is 12.2 Å². The summed E-state index contributed by atoms with van der Waals surface area (Å²) in [4.78, 5) is 0. The Balaban J connectivity index is 1.79. The highest BCUT2D eigenvalue weighted by Crippen LogP contribution is 2.50. The summed E-state index contributed by atoms with van der Waals surface area (Å²) in [5.41, 5.74) is 2.43. The van der Waals surface area contributed by atoms with Crippen LogP contribution in [0.15, 0.2) is 54.6 Å². The molecule has 0 saturated carbocycles. The first-order valence-electron chi connectivity index (χ1n) is 5.30. The molecular weight excluding hydrogens is 220 g/mol. The Bertz CT molecular complexity index is 478. The number of epoxide rings is 1. The fourth-order valence-corrected chi connectivity index (χ4v) is 2.04. The van der Waals surface area contributed by atoms with Gasteiger partial charge in [0.15, 0.2) is 0 Å². The van der Waals surface area contributed by atoms with Crippen molar-refractivity contribution in [3.8, 4) is 0 Å². The molecule has 1 aliphatic rings. The monoisotopic (exact) mass is 230 g/mol. The van der Waals surface area contributed by atoms with Crippen LogP contribution in [0.4, 0.5) is 0 Å². The Hall–Kier alpha value is -1.31. The van der Waals surface area contributed by atoms with Crippen molar-refractivity contribution >= 4 is 11.6 Å². The lowest BCUT2D eigenvalue weighted by Crippen LogP contribution is -1.83. The minimum Gasteiger partial charge on any atom is -0.359 e. The van der Waals surface area contributed by atoms with Gasteiger partial charge < -0.3 is 4.74 Å². The minimum absolute atomic E-state index is 0.194. The minimum atomic E-state index is 0.194. The average Bonchev–Trinajstić information content (AvgIpc) is 3.11. The van der Waals surface area contributed by atoms with Gasteiger partial charge in [-0.25, -0.2) is 0 Å². The predicted molar refractivity (Wildman–Crippen MR) is 64.5 cm³/mol. The van der Waals surface area contributed by atoms with Gasteiger partial charge >= 0.3 is 0 Å². The third-order valence-corrected chi connectivity index (χ3v) is 3.07. The van der Waals surface area contributed by atoms with Crippen molar-refractivity contribution in [3.63, 3.8) is 0 Å². The fourth-order valence-electron chi connectivity index (χ4n) is 1.91. The van der Waals surface area contributed by atoms with Crippen molar-refractivity contribution in [2.24, 2.45) is 0 Å². The Labute approximate surface area is 99.6 Å². The fraction of sp³-hybridized carbons (Fsp3) is 0.143. The third kappa shape index (κ3) is 1.84. The molecule has 1 fully saturated rings. The molecule has 2 aromatic carbocycles. The molecule has 80 valence electrons. The summed E-state index contributed by atoms with van der Waals surface area (Å²) in [6, 6.07) is 18.1. The Morgan fingerprint density at radius 2 is 1.31 bits per heavy atom. The zero-order valence-corrected chi connectivity index (χ0v) is 9.39. The van der Waals surface area contributed by atoms with E-state index in [1.165, 1.54) is 11.1 Å². The quantitative estimate of drug-likeness (QED) is 0.706. The molecule has 2 aromatic rings. The van der Waals surface area contributed by atoms with Gasteiger partial charge in [0.1, 0.15) is 12.2 Å². The smallest absolute Gasteiger partial charge is 0.114 e. The summed E-state index contributed by atoms with van der Waals surface area (Å²) >= 11 is 5.85. The topological polar surface area (TPSA) is 12.5 Å². The normalized spacial score (nSPS) is 23.1. The van der Waals surface area contributed by atoms with Gasteiger partial charge in [0.2, 0.25) is 0 Å². The van der Waals surface area contributed by atoms with Gasteiger partial charge in [0.05, 0.1) is 0 Å². The molecule has 2 heteroatoms. The lowest BCUT2D eigenvalue weighted by atomic mass is 10.0. The maximum absolute atomic E-state index is 5.85. The number of rotatable bonds is 2. The SMILES string of the molecule is Clc1ccc(C2OC2c2ccccc2)cc1. The standard InChI is InChI=1S/C14H11ClO/c15-12-8-6-11(7-9-12)14-13(16-14)10-4-2-1-3-5-10/h1-9,13-14H. The number of hydrogen-bond acceptors (Lipinski definition) is 1. The number of halogens is 1. The van der Waals surface area contributed by atoms with Gasteiger partial charge in [-0.15, -0.1) is 0 Å². The van der Waals surface area contributed by atoms with Crippen LogP contribution in [0.5, 0.6) is 0 Å². The second kappa shape index (κ2) is 3.93. The summed E-state index contributed by atoms with van der Waals surface area (Å²) in [7, 11) is 0. The van der Waals surface area contributed by atoms with E-state index in [-0.39, 0.29) is 12.2 Å². The van der Waals surface area contributed by atoms with Crippen LogP contribution < -0.4 is 0 Å². The van der Waals surface area contributed by atoms with Gasteiger partial charge in [-0.1, -0.05) is 54.1 Å². The molecule has 0 amide bonds. The van der Waals surface area contributed by atoms with Crippen LogP contribution in [0.25, 0.3) is 0 Å². The summed E-state index contributed by atoms with van der Waals surface area (Å²) in [5.74, 6) is 0. The number of ether oxygens (including phenoxy) is 1. The van der Waals surface area contributed by atoms with Gasteiger partial charge in [-0.3, -0.25) is 0 Å². The Morgan fingerprint density at radius 1 is 0.750 bits per heavy atom. The average molecular weight is 231 g/mol. The third-order valence-electron chi connectivity index (χ3n) is 2.82. The molecule has 1 nitrogen and oxygen atoms in total. The van der Waals surface area contributed by atoms with E-state index in [2.05, 4.69) is 12.1 Å². The largest absolute Gasteiger partial charge is 0.359 e. The van der Waals surface area contributed by atoms with Crippen LogP contribution in [0.3, 0.4) is 0 Å². The summed E-state index contributed by atoms with van der Waals surface area (Å²) in [5, 5.41) is 0.765. The van der Waals surface area contributed by atoms with E-state index in [0.717, 1.165) is 5.02 Å². The van der Waals surface area contributed by atoms with Crippen LogP contribution in [-0.4, -0.2) is 0 Å².